The van der Waals surface area contributed by atoms with E-state index in [1.807, 2.05) is 0 Å². The number of benzene rings is 1. The highest BCUT2D eigenvalue weighted by Crippen LogP contribution is 2.29. The Kier molecular flexibility index (Phi) is 4.43. The molecule has 2 rings (SSSR count). The van der Waals surface area contributed by atoms with E-state index in [1.54, 1.807) is 12.1 Å². The first kappa shape index (κ1) is 13.9. The Hall–Kier alpha value is -1.55. The summed E-state index contributed by atoms with van der Waals surface area (Å²) in [5, 5.41) is 0.375. The normalized spacial score (nSPS) is 16.2. The number of esters is 1. The number of carbonyl (C=O) groups excluding carboxylic acids is 2. The summed E-state index contributed by atoms with van der Waals surface area (Å²) in [7, 11) is 1.32. The fourth-order valence-corrected chi connectivity index (χ4v) is 2.28. The van der Waals surface area contributed by atoms with Crippen molar-refractivity contribution < 1.29 is 19.1 Å². The highest BCUT2D eigenvalue weighted by atomic mass is 35.5. The standard InChI is InChI=1S/C14H15ClO4/c1-18-14(17)9-2-7-13(12(15)8-9)19-11-5-3-10(16)4-6-11/h2,7-8,11H,3-6H2,1H3. The summed E-state index contributed by atoms with van der Waals surface area (Å²) in [4.78, 5) is 22.5. The van der Waals surface area contributed by atoms with Gasteiger partial charge in [0.15, 0.2) is 0 Å². The minimum atomic E-state index is -0.434. The van der Waals surface area contributed by atoms with Gasteiger partial charge in [-0.2, -0.15) is 0 Å². The molecule has 0 atom stereocenters. The van der Waals surface area contributed by atoms with Gasteiger partial charge in [-0.1, -0.05) is 11.6 Å². The maximum atomic E-state index is 11.3. The summed E-state index contributed by atoms with van der Waals surface area (Å²) in [6.07, 6.45) is 2.56. The molecule has 0 heterocycles. The zero-order valence-electron chi connectivity index (χ0n) is 10.6. The van der Waals surface area contributed by atoms with E-state index >= 15 is 0 Å². The second-order valence-corrected chi connectivity index (χ2v) is 4.90. The third-order valence-corrected chi connectivity index (χ3v) is 3.43. The van der Waals surface area contributed by atoms with Crippen molar-refractivity contribution in [2.75, 3.05) is 7.11 Å². The number of ketones is 1. The molecule has 1 fully saturated rings. The molecule has 5 heteroatoms. The summed E-state index contributed by atoms with van der Waals surface area (Å²) in [5.74, 6) is 0.386. The Balaban J connectivity index is 2.05. The lowest BCUT2D eigenvalue weighted by molar-refractivity contribution is -0.121. The van der Waals surface area contributed by atoms with Gasteiger partial charge in [0.2, 0.25) is 0 Å². The van der Waals surface area contributed by atoms with Crippen molar-refractivity contribution in [2.24, 2.45) is 0 Å². The van der Waals surface area contributed by atoms with Crippen LogP contribution in [0.3, 0.4) is 0 Å². The van der Waals surface area contributed by atoms with Crippen LogP contribution in [-0.4, -0.2) is 25.0 Å². The van der Waals surface area contributed by atoms with Crippen molar-refractivity contribution in [2.45, 2.75) is 31.8 Å². The predicted octanol–water partition coefficient (Wildman–Crippen LogP) is 3.02. The van der Waals surface area contributed by atoms with Crippen molar-refractivity contribution >= 4 is 23.4 Å². The number of ether oxygens (including phenoxy) is 2. The summed E-state index contributed by atoms with van der Waals surface area (Å²) in [6, 6.07) is 4.79. The van der Waals surface area contributed by atoms with Crippen LogP contribution < -0.4 is 4.74 Å². The summed E-state index contributed by atoms with van der Waals surface area (Å²) in [5.41, 5.74) is 0.388. The lowest BCUT2D eigenvalue weighted by atomic mass is 9.96. The molecule has 0 N–H and O–H groups in total. The number of Topliss-reactive ketones (excluding diaryl/α,β-unsaturated/α-hetero) is 1. The molecule has 0 spiro atoms. The first-order valence-electron chi connectivity index (χ1n) is 6.16. The van der Waals surface area contributed by atoms with Crippen molar-refractivity contribution in [3.8, 4) is 5.75 Å². The largest absolute Gasteiger partial charge is 0.489 e. The molecule has 0 bridgehead atoms. The van der Waals surface area contributed by atoms with Crippen LogP contribution in [0.1, 0.15) is 36.0 Å². The monoisotopic (exact) mass is 282 g/mol. The summed E-state index contributed by atoms with van der Waals surface area (Å²) < 4.78 is 10.4. The van der Waals surface area contributed by atoms with Gasteiger partial charge in [0.25, 0.3) is 0 Å². The van der Waals surface area contributed by atoms with Gasteiger partial charge in [0, 0.05) is 12.8 Å². The third kappa shape index (κ3) is 3.47. The molecule has 1 aromatic carbocycles. The number of hydrogen-bond acceptors (Lipinski definition) is 4. The van der Waals surface area contributed by atoms with Crippen LogP contribution in [-0.2, 0) is 9.53 Å². The van der Waals surface area contributed by atoms with Crippen LogP contribution in [0.25, 0.3) is 0 Å². The molecule has 1 aromatic rings. The number of methoxy groups -OCH3 is 1. The molecule has 1 aliphatic rings. The molecule has 0 aliphatic heterocycles. The average molecular weight is 283 g/mol. The Bertz CT molecular complexity index is 488. The number of halogens is 1. The Morgan fingerprint density at radius 3 is 2.58 bits per heavy atom. The molecule has 0 unspecified atom stereocenters. The highest BCUT2D eigenvalue weighted by Gasteiger charge is 2.21. The summed E-state index contributed by atoms with van der Waals surface area (Å²) >= 11 is 6.08. The minimum Gasteiger partial charge on any atom is -0.489 e. The van der Waals surface area contributed by atoms with E-state index in [-0.39, 0.29) is 11.9 Å². The van der Waals surface area contributed by atoms with Gasteiger partial charge in [-0.3, -0.25) is 4.79 Å². The van der Waals surface area contributed by atoms with E-state index in [1.165, 1.54) is 13.2 Å². The molecule has 1 saturated carbocycles. The molecular formula is C14H15ClO4. The number of carbonyl (C=O) groups is 2. The molecule has 0 radical (unpaired) electrons. The van der Waals surface area contributed by atoms with E-state index in [2.05, 4.69) is 4.74 Å². The topological polar surface area (TPSA) is 52.6 Å². The quantitative estimate of drug-likeness (QED) is 0.800. The zero-order valence-corrected chi connectivity index (χ0v) is 11.4. The van der Waals surface area contributed by atoms with Crippen LogP contribution >= 0.6 is 11.6 Å². The Morgan fingerprint density at radius 2 is 2.00 bits per heavy atom. The SMILES string of the molecule is COC(=O)c1ccc(OC2CCC(=O)CC2)c(Cl)c1. The fraction of sp³-hybridized carbons (Fsp3) is 0.429. The molecule has 4 nitrogen and oxygen atoms in total. The molecule has 102 valence electrons. The Labute approximate surface area is 116 Å². The predicted molar refractivity (Wildman–Crippen MR) is 70.7 cm³/mol. The van der Waals surface area contributed by atoms with Gasteiger partial charge >= 0.3 is 5.97 Å². The maximum Gasteiger partial charge on any atom is 0.337 e. The number of rotatable bonds is 3. The fourth-order valence-electron chi connectivity index (χ4n) is 2.05. The summed E-state index contributed by atoms with van der Waals surface area (Å²) in [6.45, 7) is 0. The van der Waals surface area contributed by atoms with Gasteiger partial charge < -0.3 is 9.47 Å². The van der Waals surface area contributed by atoms with E-state index in [0.717, 1.165) is 0 Å². The first-order valence-corrected chi connectivity index (χ1v) is 6.54. The van der Waals surface area contributed by atoms with Gasteiger partial charge in [-0.15, -0.1) is 0 Å². The zero-order chi connectivity index (χ0) is 13.8. The lowest BCUT2D eigenvalue weighted by Gasteiger charge is -2.23. The van der Waals surface area contributed by atoms with E-state index in [0.29, 0.717) is 42.0 Å². The van der Waals surface area contributed by atoms with Crippen molar-refractivity contribution in [3.63, 3.8) is 0 Å². The van der Waals surface area contributed by atoms with E-state index in [9.17, 15) is 9.59 Å². The average Bonchev–Trinajstić information content (AvgIpc) is 2.42. The Morgan fingerprint density at radius 1 is 1.32 bits per heavy atom. The van der Waals surface area contributed by atoms with Gasteiger partial charge in [0.05, 0.1) is 23.8 Å². The number of hydrogen-bond donors (Lipinski definition) is 0. The smallest absolute Gasteiger partial charge is 0.337 e. The van der Waals surface area contributed by atoms with Crippen LogP contribution in [0.2, 0.25) is 5.02 Å². The van der Waals surface area contributed by atoms with Crippen LogP contribution in [0.4, 0.5) is 0 Å². The lowest BCUT2D eigenvalue weighted by Crippen LogP contribution is -2.24. The molecule has 19 heavy (non-hydrogen) atoms. The van der Waals surface area contributed by atoms with Crippen LogP contribution in [0, 0.1) is 0 Å². The molecule has 0 saturated heterocycles. The van der Waals surface area contributed by atoms with Gasteiger partial charge in [0.1, 0.15) is 11.5 Å². The van der Waals surface area contributed by atoms with Gasteiger partial charge in [-0.25, -0.2) is 4.79 Å². The van der Waals surface area contributed by atoms with E-state index in [4.69, 9.17) is 16.3 Å². The first-order chi connectivity index (χ1) is 9.10. The molecule has 1 aliphatic carbocycles. The maximum absolute atomic E-state index is 11.3. The van der Waals surface area contributed by atoms with Crippen molar-refractivity contribution in [1.82, 2.24) is 0 Å². The van der Waals surface area contributed by atoms with Crippen molar-refractivity contribution in [1.29, 1.82) is 0 Å². The molecule has 0 amide bonds. The second kappa shape index (κ2) is 6.06. The van der Waals surface area contributed by atoms with Crippen molar-refractivity contribution in [3.05, 3.63) is 28.8 Å². The van der Waals surface area contributed by atoms with Crippen LogP contribution in [0.15, 0.2) is 18.2 Å². The molecule has 0 aromatic heterocycles. The van der Waals surface area contributed by atoms with E-state index < -0.39 is 5.97 Å². The second-order valence-electron chi connectivity index (χ2n) is 4.49. The van der Waals surface area contributed by atoms with Crippen LogP contribution in [0.5, 0.6) is 5.75 Å². The third-order valence-electron chi connectivity index (χ3n) is 3.14. The molecular weight excluding hydrogens is 268 g/mol. The highest BCUT2D eigenvalue weighted by molar-refractivity contribution is 6.32. The minimum absolute atomic E-state index is 0.0131. The van der Waals surface area contributed by atoms with Gasteiger partial charge in [-0.05, 0) is 31.0 Å².